The van der Waals surface area contributed by atoms with E-state index in [1.54, 1.807) is 0 Å². The molecule has 1 heterocycles. The van der Waals surface area contributed by atoms with Gasteiger partial charge in [-0.1, -0.05) is 30.3 Å². The highest BCUT2D eigenvalue weighted by Gasteiger charge is 2.11. The molecular weight excluding hydrogens is 368 g/mol. The predicted octanol–water partition coefficient (Wildman–Crippen LogP) is 2.58. The number of amides is 1. The lowest BCUT2D eigenvalue weighted by molar-refractivity contribution is 0.122. The van der Waals surface area contributed by atoms with Gasteiger partial charge >= 0.3 is 6.09 Å². The lowest BCUT2D eigenvalue weighted by Gasteiger charge is -2.29. The molecule has 0 radical (unpaired) electrons. The van der Waals surface area contributed by atoms with E-state index in [1.165, 1.54) is 5.69 Å². The summed E-state index contributed by atoms with van der Waals surface area (Å²) in [7, 11) is 0. The quantitative estimate of drug-likeness (QED) is 0.602. The summed E-state index contributed by atoms with van der Waals surface area (Å²) in [6.45, 7) is 4.80. The summed E-state index contributed by atoms with van der Waals surface area (Å²) in [5.41, 5.74) is 9.35. The summed E-state index contributed by atoms with van der Waals surface area (Å²) in [6, 6.07) is 17.9. The average molecular weight is 399 g/mol. The fourth-order valence-electron chi connectivity index (χ4n) is 3.10. The van der Waals surface area contributed by atoms with Crippen LogP contribution in [0.15, 0.2) is 54.6 Å². The third-order valence-corrected chi connectivity index (χ3v) is 4.81. The zero-order valence-electron chi connectivity index (χ0n) is 16.7. The highest BCUT2D eigenvalue weighted by Crippen LogP contribution is 2.19. The van der Waals surface area contributed by atoms with Gasteiger partial charge in [0.2, 0.25) is 0 Å². The van der Waals surface area contributed by atoms with Gasteiger partial charge in [-0.2, -0.15) is 0 Å². The predicted molar refractivity (Wildman–Crippen MR) is 115 cm³/mol. The third-order valence-electron chi connectivity index (χ3n) is 4.81. The van der Waals surface area contributed by atoms with Crippen LogP contribution in [-0.4, -0.2) is 51.5 Å². The van der Waals surface area contributed by atoms with Crippen molar-refractivity contribution in [2.45, 2.75) is 19.1 Å². The topological polar surface area (TPSA) is 88.8 Å². The zero-order chi connectivity index (χ0) is 20.3. The lowest BCUT2D eigenvalue weighted by Crippen LogP contribution is -2.36. The Morgan fingerprint density at radius 2 is 1.83 bits per heavy atom. The minimum atomic E-state index is -0.423. The van der Waals surface area contributed by atoms with Crippen molar-refractivity contribution in [2.24, 2.45) is 5.73 Å². The fourth-order valence-corrected chi connectivity index (χ4v) is 3.10. The fraction of sp³-hybridized carbons (Fsp3) is 0.409. The minimum absolute atomic E-state index is 0.0663. The van der Waals surface area contributed by atoms with Crippen LogP contribution in [-0.2, 0) is 16.1 Å². The van der Waals surface area contributed by atoms with Crippen LogP contribution in [0.25, 0.3) is 0 Å². The summed E-state index contributed by atoms with van der Waals surface area (Å²) in [4.78, 5) is 14.1. The zero-order valence-corrected chi connectivity index (χ0v) is 16.7. The molecule has 7 heteroatoms. The molecule has 1 aliphatic heterocycles. The smallest absolute Gasteiger partial charge is 0.407 e. The molecule has 1 fully saturated rings. The largest absolute Gasteiger partial charge is 0.445 e. The van der Waals surface area contributed by atoms with Crippen molar-refractivity contribution in [1.82, 2.24) is 5.32 Å². The molecule has 0 aromatic heterocycles. The molecule has 2 aromatic rings. The minimum Gasteiger partial charge on any atom is -0.445 e. The van der Waals surface area contributed by atoms with Crippen LogP contribution >= 0.6 is 0 Å². The second-order valence-electron chi connectivity index (χ2n) is 7.06. The number of ether oxygens (including phenoxy) is 2. The Hall–Kier alpha value is -2.77. The molecule has 0 aliphatic carbocycles. The van der Waals surface area contributed by atoms with Crippen LogP contribution in [0.5, 0.6) is 0 Å². The lowest BCUT2D eigenvalue weighted by atomic mass is 10.2. The van der Waals surface area contributed by atoms with E-state index in [1.807, 2.05) is 30.3 Å². The van der Waals surface area contributed by atoms with Crippen molar-refractivity contribution in [3.63, 3.8) is 0 Å². The summed E-state index contributed by atoms with van der Waals surface area (Å²) >= 11 is 0. The van der Waals surface area contributed by atoms with Gasteiger partial charge in [-0.3, -0.25) is 0 Å². The summed E-state index contributed by atoms with van der Waals surface area (Å²) in [6.07, 6.45) is 0.243. The molecule has 3 rings (SSSR count). The Morgan fingerprint density at radius 1 is 1.10 bits per heavy atom. The molecule has 2 aromatic carbocycles. The first-order valence-electron chi connectivity index (χ1n) is 10.1. The van der Waals surface area contributed by atoms with Gasteiger partial charge in [-0.25, -0.2) is 4.79 Å². The van der Waals surface area contributed by atoms with Crippen LogP contribution in [0.1, 0.15) is 12.0 Å². The number of hydrogen-bond acceptors (Lipinski definition) is 6. The van der Waals surface area contributed by atoms with Crippen molar-refractivity contribution in [1.29, 1.82) is 0 Å². The standard InChI is InChI=1S/C22H30N4O3/c23-19(10-11-24-22(27)29-17-18-4-2-1-3-5-18)16-25-20-6-8-21(9-7-20)26-12-14-28-15-13-26/h1-9,19,25H,10-17,23H2,(H,24,27)/t19-/m0/s1. The molecule has 7 nitrogen and oxygen atoms in total. The number of alkyl carbamates (subject to hydrolysis) is 1. The van der Waals surface area contributed by atoms with Crippen molar-refractivity contribution < 1.29 is 14.3 Å². The molecule has 156 valence electrons. The van der Waals surface area contributed by atoms with Crippen LogP contribution in [0.4, 0.5) is 16.2 Å². The second-order valence-corrected chi connectivity index (χ2v) is 7.06. The number of carbonyl (C=O) groups is 1. The summed E-state index contributed by atoms with van der Waals surface area (Å²) < 4.78 is 10.6. The van der Waals surface area contributed by atoms with Crippen LogP contribution in [0.2, 0.25) is 0 Å². The molecule has 4 N–H and O–H groups in total. The first-order chi connectivity index (χ1) is 14.2. The number of carbonyl (C=O) groups excluding carboxylic acids is 1. The molecule has 1 saturated heterocycles. The molecule has 1 amide bonds. The van der Waals surface area contributed by atoms with Gasteiger partial charge in [-0.15, -0.1) is 0 Å². The maximum Gasteiger partial charge on any atom is 0.407 e. The molecule has 29 heavy (non-hydrogen) atoms. The average Bonchev–Trinajstić information content (AvgIpc) is 2.78. The number of nitrogens with two attached hydrogens (primary N) is 1. The van der Waals surface area contributed by atoms with Gasteiger partial charge in [0.25, 0.3) is 0 Å². The first-order valence-corrected chi connectivity index (χ1v) is 10.1. The van der Waals surface area contributed by atoms with Gasteiger partial charge in [0.15, 0.2) is 0 Å². The van der Waals surface area contributed by atoms with E-state index in [2.05, 4.69) is 39.8 Å². The highest BCUT2D eigenvalue weighted by molar-refractivity contribution is 5.67. The normalized spacial score (nSPS) is 14.9. The van der Waals surface area contributed by atoms with Crippen molar-refractivity contribution in [2.75, 3.05) is 49.6 Å². The summed E-state index contributed by atoms with van der Waals surface area (Å²) in [5.74, 6) is 0. The molecular formula is C22H30N4O3. The van der Waals surface area contributed by atoms with E-state index in [0.717, 1.165) is 37.6 Å². The maximum absolute atomic E-state index is 11.7. The van der Waals surface area contributed by atoms with Crippen LogP contribution in [0, 0.1) is 0 Å². The number of hydrogen-bond donors (Lipinski definition) is 3. The van der Waals surface area contributed by atoms with Gasteiger partial charge in [0.1, 0.15) is 6.61 Å². The Bertz CT molecular complexity index is 733. The summed E-state index contributed by atoms with van der Waals surface area (Å²) in [5, 5.41) is 6.09. The van der Waals surface area contributed by atoms with Gasteiger partial charge in [0, 0.05) is 43.6 Å². The number of benzene rings is 2. The van der Waals surface area contributed by atoms with Crippen LogP contribution < -0.4 is 21.3 Å². The van der Waals surface area contributed by atoms with E-state index >= 15 is 0 Å². The monoisotopic (exact) mass is 398 g/mol. The number of nitrogens with one attached hydrogen (secondary N) is 2. The first kappa shape index (κ1) is 21.0. The van der Waals surface area contributed by atoms with E-state index in [9.17, 15) is 4.79 Å². The molecule has 0 bridgehead atoms. The molecule has 0 spiro atoms. The van der Waals surface area contributed by atoms with E-state index in [0.29, 0.717) is 19.5 Å². The highest BCUT2D eigenvalue weighted by atomic mass is 16.5. The Labute approximate surface area is 172 Å². The van der Waals surface area contributed by atoms with Gasteiger partial charge in [-0.05, 0) is 36.2 Å². The maximum atomic E-state index is 11.7. The number of morpholine rings is 1. The molecule has 1 atom stereocenters. The number of nitrogens with zero attached hydrogens (tertiary/aromatic N) is 1. The third kappa shape index (κ3) is 7.29. The molecule has 1 aliphatic rings. The Morgan fingerprint density at radius 3 is 2.55 bits per heavy atom. The van der Waals surface area contributed by atoms with Crippen molar-refractivity contribution in [3.8, 4) is 0 Å². The number of anilines is 2. The van der Waals surface area contributed by atoms with Crippen molar-refractivity contribution in [3.05, 3.63) is 60.2 Å². The van der Waals surface area contributed by atoms with E-state index in [4.69, 9.17) is 15.2 Å². The Balaban J connectivity index is 1.29. The van der Waals surface area contributed by atoms with E-state index in [-0.39, 0.29) is 12.6 Å². The SMILES string of the molecule is N[C@@H](CCNC(=O)OCc1ccccc1)CNc1ccc(N2CCOCC2)cc1. The second kappa shape index (κ2) is 11.3. The molecule has 0 unspecified atom stereocenters. The number of rotatable bonds is 9. The van der Waals surface area contributed by atoms with Crippen molar-refractivity contribution >= 4 is 17.5 Å². The Kier molecular flexibility index (Phi) is 8.15. The molecule has 0 saturated carbocycles. The van der Waals surface area contributed by atoms with Gasteiger partial charge in [0.05, 0.1) is 13.2 Å². The van der Waals surface area contributed by atoms with E-state index < -0.39 is 6.09 Å². The van der Waals surface area contributed by atoms with Gasteiger partial charge < -0.3 is 30.7 Å². The van der Waals surface area contributed by atoms with Crippen LogP contribution in [0.3, 0.4) is 0 Å².